The van der Waals surface area contributed by atoms with Gasteiger partial charge in [-0.15, -0.1) is 0 Å². The molecule has 2 N–H and O–H groups in total. The van der Waals surface area contributed by atoms with E-state index in [1.807, 2.05) is 0 Å². The fraction of sp³-hybridized carbons (Fsp3) is 1.00. The van der Waals surface area contributed by atoms with Crippen molar-refractivity contribution in [2.45, 2.75) is 12.8 Å². The van der Waals surface area contributed by atoms with Gasteiger partial charge in [-0.2, -0.15) is 0 Å². The third kappa shape index (κ3) is 13.8. The smallest absolute Gasteiger partial charge is 0.0701 e. The highest BCUT2D eigenvalue weighted by Gasteiger charge is 1.91. The lowest BCUT2D eigenvalue weighted by Crippen LogP contribution is -2.11. The molecule has 0 aromatic rings. The molecule has 0 saturated carbocycles. The molecule has 0 atom stereocenters. The molecule has 5 nitrogen and oxygen atoms in total. The van der Waals surface area contributed by atoms with Crippen molar-refractivity contribution in [3.05, 3.63) is 0 Å². The molecule has 0 fully saturated rings. The third-order valence-electron chi connectivity index (χ3n) is 1.67. The van der Waals surface area contributed by atoms with Crippen LogP contribution in [-0.4, -0.2) is 52.7 Å². The zero-order valence-electron chi connectivity index (χ0n) is 9.30. The monoisotopic (exact) mass is 218 g/mol. The lowest BCUT2D eigenvalue weighted by molar-refractivity contribution is 0.0142. The SMILES string of the molecule is [NH]CCCOCCOCCOCCC[NH]. The van der Waals surface area contributed by atoms with E-state index in [0.29, 0.717) is 52.7 Å². The summed E-state index contributed by atoms with van der Waals surface area (Å²) in [6.07, 6.45) is 1.58. The Hall–Kier alpha value is -0.200. The van der Waals surface area contributed by atoms with Gasteiger partial charge in [-0.1, -0.05) is 0 Å². The summed E-state index contributed by atoms with van der Waals surface area (Å²) in [5.74, 6) is 0. The molecule has 0 rings (SSSR count). The van der Waals surface area contributed by atoms with E-state index in [4.69, 9.17) is 25.7 Å². The highest BCUT2D eigenvalue weighted by molar-refractivity contribution is 4.37. The molecule has 15 heavy (non-hydrogen) atoms. The minimum absolute atomic E-state index is 0.421. The second-order valence-electron chi connectivity index (χ2n) is 3.04. The molecule has 0 bridgehead atoms. The molecule has 0 aliphatic carbocycles. The minimum Gasteiger partial charge on any atom is -0.379 e. The van der Waals surface area contributed by atoms with Crippen LogP contribution in [-0.2, 0) is 14.2 Å². The predicted octanol–water partition coefficient (Wildman–Crippen LogP) is 0.382. The maximum absolute atomic E-state index is 6.89. The van der Waals surface area contributed by atoms with Crippen molar-refractivity contribution in [1.82, 2.24) is 11.5 Å². The highest BCUT2D eigenvalue weighted by Crippen LogP contribution is 1.84. The second kappa shape index (κ2) is 13.8. The Morgan fingerprint density at radius 3 is 1.20 bits per heavy atom. The quantitative estimate of drug-likeness (QED) is 0.444. The van der Waals surface area contributed by atoms with Crippen molar-refractivity contribution in [3.8, 4) is 0 Å². The van der Waals surface area contributed by atoms with Gasteiger partial charge in [0.2, 0.25) is 0 Å². The van der Waals surface area contributed by atoms with Gasteiger partial charge in [0.05, 0.1) is 26.4 Å². The van der Waals surface area contributed by atoms with Gasteiger partial charge in [0.25, 0.3) is 0 Å². The standard InChI is InChI=1S/C10H22N2O3/c11-3-1-5-13-7-9-15-10-8-14-6-2-4-12/h11-12H,1-10H2. The lowest BCUT2D eigenvalue weighted by Gasteiger charge is -2.05. The van der Waals surface area contributed by atoms with E-state index >= 15 is 0 Å². The lowest BCUT2D eigenvalue weighted by atomic mass is 10.5. The Labute approximate surface area is 92.0 Å². The number of hydrogen-bond acceptors (Lipinski definition) is 3. The Morgan fingerprint density at radius 1 is 0.533 bits per heavy atom. The van der Waals surface area contributed by atoms with E-state index in [1.54, 1.807) is 0 Å². The Morgan fingerprint density at radius 2 is 0.867 bits per heavy atom. The first kappa shape index (κ1) is 14.8. The van der Waals surface area contributed by atoms with E-state index in [2.05, 4.69) is 0 Å². The molecule has 2 radical (unpaired) electrons. The molecule has 0 aliphatic rings. The van der Waals surface area contributed by atoms with E-state index in [-0.39, 0.29) is 0 Å². The zero-order valence-corrected chi connectivity index (χ0v) is 9.30. The molecule has 0 heterocycles. The summed E-state index contributed by atoms with van der Waals surface area (Å²) >= 11 is 0. The van der Waals surface area contributed by atoms with Crippen LogP contribution in [0, 0.1) is 0 Å². The molecule has 0 amide bonds. The van der Waals surface area contributed by atoms with Crippen LogP contribution in [0.1, 0.15) is 12.8 Å². The largest absolute Gasteiger partial charge is 0.379 e. The van der Waals surface area contributed by atoms with E-state index in [9.17, 15) is 0 Å². The molecule has 0 aromatic carbocycles. The fourth-order valence-corrected chi connectivity index (χ4v) is 0.890. The van der Waals surface area contributed by atoms with Crippen LogP contribution in [0.2, 0.25) is 0 Å². The summed E-state index contributed by atoms with van der Waals surface area (Å²) in [5.41, 5.74) is 13.8. The van der Waals surface area contributed by atoms with Gasteiger partial charge in [-0.3, -0.25) is 11.5 Å². The van der Waals surface area contributed by atoms with E-state index in [0.717, 1.165) is 12.8 Å². The van der Waals surface area contributed by atoms with E-state index in [1.165, 1.54) is 0 Å². The first-order valence-electron chi connectivity index (χ1n) is 5.44. The number of ether oxygens (including phenoxy) is 3. The zero-order chi connectivity index (χ0) is 11.2. The van der Waals surface area contributed by atoms with Crippen LogP contribution in [0.15, 0.2) is 0 Å². The van der Waals surface area contributed by atoms with Gasteiger partial charge in [0.1, 0.15) is 0 Å². The maximum atomic E-state index is 6.89. The average Bonchev–Trinajstić information content (AvgIpc) is 2.26. The minimum atomic E-state index is 0.421. The topological polar surface area (TPSA) is 75.3 Å². The van der Waals surface area contributed by atoms with Crippen LogP contribution < -0.4 is 11.5 Å². The van der Waals surface area contributed by atoms with Gasteiger partial charge >= 0.3 is 0 Å². The molecule has 0 aromatic heterocycles. The summed E-state index contributed by atoms with van der Waals surface area (Å²) in [7, 11) is 0. The predicted molar refractivity (Wildman–Crippen MR) is 57.6 cm³/mol. The number of hydrogen-bond donors (Lipinski definition) is 0. The van der Waals surface area contributed by atoms with Gasteiger partial charge in [0.15, 0.2) is 0 Å². The van der Waals surface area contributed by atoms with Gasteiger partial charge in [-0.05, 0) is 12.8 Å². The van der Waals surface area contributed by atoms with Crippen molar-refractivity contribution < 1.29 is 14.2 Å². The summed E-state index contributed by atoms with van der Waals surface area (Å²) in [6, 6.07) is 0. The Balaban J connectivity index is 2.81. The molecule has 0 aliphatic heterocycles. The fourth-order valence-electron chi connectivity index (χ4n) is 0.890. The summed E-state index contributed by atoms with van der Waals surface area (Å²) in [6.45, 7) is 4.48. The first-order chi connectivity index (χ1) is 7.41. The van der Waals surface area contributed by atoms with Crippen LogP contribution in [0.5, 0.6) is 0 Å². The second-order valence-corrected chi connectivity index (χ2v) is 3.04. The van der Waals surface area contributed by atoms with Crippen molar-refractivity contribution in [2.75, 3.05) is 52.7 Å². The Bertz CT molecular complexity index is 103. The van der Waals surface area contributed by atoms with Gasteiger partial charge in [-0.25, -0.2) is 0 Å². The molecule has 90 valence electrons. The maximum Gasteiger partial charge on any atom is 0.0701 e. The molecular formula is C10H22N2O3. The van der Waals surface area contributed by atoms with Crippen molar-refractivity contribution in [3.63, 3.8) is 0 Å². The van der Waals surface area contributed by atoms with Crippen LogP contribution in [0.4, 0.5) is 0 Å². The van der Waals surface area contributed by atoms with Crippen LogP contribution in [0.25, 0.3) is 0 Å². The van der Waals surface area contributed by atoms with Gasteiger partial charge in [0, 0.05) is 26.3 Å². The molecule has 0 spiro atoms. The van der Waals surface area contributed by atoms with Crippen molar-refractivity contribution in [2.24, 2.45) is 0 Å². The van der Waals surface area contributed by atoms with Crippen molar-refractivity contribution >= 4 is 0 Å². The first-order valence-corrected chi connectivity index (χ1v) is 5.44. The number of rotatable bonds is 12. The molecule has 5 heteroatoms. The van der Waals surface area contributed by atoms with E-state index < -0.39 is 0 Å². The molecular weight excluding hydrogens is 196 g/mol. The summed E-state index contributed by atoms with van der Waals surface area (Å²) < 4.78 is 15.7. The molecule has 0 saturated heterocycles. The normalized spacial score (nSPS) is 10.8. The van der Waals surface area contributed by atoms with Gasteiger partial charge < -0.3 is 14.2 Å². The van der Waals surface area contributed by atoms with Crippen LogP contribution >= 0.6 is 0 Å². The average molecular weight is 218 g/mol. The third-order valence-corrected chi connectivity index (χ3v) is 1.67. The molecule has 0 unspecified atom stereocenters. The number of nitrogens with one attached hydrogen (secondary N) is 2. The summed E-state index contributed by atoms with van der Waals surface area (Å²) in [4.78, 5) is 0. The van der Waals surface area contributed by atoms with Crippen LogP contribution in [0.3, 0.4) is 0 Å². The highest BCUT2D eigenvalue weighted by atomic mass is 16.5. The Kier molecular flexibility index (Phi) is 13.6. The summed E-state index contributed by atoms with van der Waals surface area (Å²) in [5, 5.41) is 0. The van der Waals surface area contributed by atoms with Crippen molar-refractivity contribution in [1.29, 1.82) is 0 Å².